The second-order valence-corrected chi connectivity index (χ2v) is 6.89. The van der Waals surface area contributed by atoms with Gasteiger partial charge in [-0.25, -0.2) is 4.79 Å². The Morgan fingerprint density at radius 3 is 2.69 bits per heavy atom. The molecule has 0 bridgehead atoms. The van der Waals surface area contributed by atoms with E-state index in [0.29, 0.717) is 0 Å². The predicted octanol–water partition coefficient (Wildman–Crippen LogP) is 3.38. The minimum absolute atomic E-state index is 0.276. The summed E-state index contributed by atoms with van der Waals surface area (Å²) >= 11 is 0.821. The van der Waals surface area contributed by atoms with Gasteiger partial charge in [0, 0.05) is 17.6 Å². The maximum Gasteiger partial charge on any atom is 0.328 e. The van der Waals surface area contributed by atoms with E-state index in [1.165, 1.54) is 14.0 Å². The van der Waals surface area contributed by atoms with Crippen LogP contribution in [0, 0.1) is 6.92 Å². The molecule has 2 aromatic rings. The number of ether oxygens (including phenoxy) is 1. The van der Waals surface area contributed by atoms with Crippen molar-refractivity contribution in [1.29, 1.82) is 0 Å². The number of thioether (sulfide) groups is 1. The van der Waals surface area contributed by atoms with Gasteiger partial charge in [-0.05, 0) is 61.5 Å². The highest BCUT2D eigenvalue weighted by atomic mass is 32.2. The van der Waals surface area contributed by atoms with Crippen LogP contribution in [0.2, 0.25) is 0 Å². The monoisotopic (exact) mass is 370 g/mol. The maximum atomic E-state index is 12.6. The first kappa shape index (κ1) is 18.0. The minimum Gasteiger partial charge on any atom is -0.467 e. The van der Waals surface area contributed by atoms with Gasteiger partial charge in [-0.3, -0.25) is 14.5 Å². The first-order valence-corrected chi connectivity index (χ1v) is 8.83. The Labute approximate surface area is 155 Å². The third-order valence-electron chi connectivity index (χ3n) is 4.09. The third-order valence-corrected chi connectivity index (χ3v) is 4.98. The van der Waals surface area contributed by atoms with Gasteiger partial charge >= 0.3 is 5.97 Å². The molecule has 1 aliphatic heterocycles. The zero-order valence-corrected chi connectivity index (χ0v) is 15.4. The molecule has 1 saturated heterocycles. The number of hydrogen-bond acceptors (Lipinski definition) is 5. The average molecular weight is 370 g/mol. The lowest BCUT2D eigenvalue weighted by molar-refractivity contribution is -0.148. The smallest absolute Gasteiger partial charge is 0.328 e. The molecule has 7 heteroatoms. The summed E-state index contributed by atoms with van der Waals surface area (Å²) < 4.78 is 6.57. The number of hydrogen-bond donors (Lipinski definition) is 0. The Morgan fingerprint density at radius 2 is 2.00 bits per heavy atom. The Hall–Kier alpha value is -2.80. The van der Waals surface area contributed by atoms with Gasteiger partial charge in [0.25, 0.3) is 11.1 Å². The average Bonchev–Trinajstić information content (AvgIpc) is 3.18. The lowest BCUT2D eigenvalue weighted by Gasteiger charge is -2.18. The Bertz CT molecular complexity index is 916. The van der Waals surface area contributed by atoms with Crippen LogP contribution < -0.4 is 0 Å². The molecule has 3 rings (SSSR count). The van der Waals surface area contributed by atoms with Crippen LogP contribution in [0.1, 0.15) is 18.2 Å². The topological polar surface area (TPSA) is 68.6 Å². The number of benzene rings is 1. The molecular formula is C19H18N2O4S. The minimum atomic E-state index is -0.957. The Kier molecular flexibility index (Phi) is 4.99. The second kappa shape index (κ2) is 7.21. The summed E-state index contributed by atoms with van der Waals surface area (Å²) in [7, 11) is 1.22. The number of carbonyl (C=O) groups excluding carboxylic acids is 3. The van der Waals surface area contributed by atoms with Gasteiger partial charge in [-0.1, -0.05) is 12.1 Å². The maximum absolute atomic E-state index is 12.6. The summed E-state index contributed by atoms with van der Waals surface area (Å²) in [5.41, 5.74) is 2.85. The number of esters is 1. The van der Waals surface area contributed by atoms with Crippen molar-refractivity contribution >= 4 is 35.0 Å². The molecule has 134 valence electrons. The molecule has 0 N–H and O–H groups in total. The van der Waals surface area contributed by atoms with E-state index in [2.05, 4.69) is 4.74 Å². The van der Waals surface area contributed by atoms with E-state index in [1.807, 2.05) is 54.1 Å². The number of nitrogens with zero attached hydrogens (tertiary/aromatic N) is 2. The summed E-state index contributed by atoms with van der Waals surface area (Å²) in [5.74, 6) is -1.12. The largest absolute Gasteiger partial charge is 0.467 e. The molecule has 26 heavy (non-hydrogen) atoms. The molecule has 2 amide bonds. The van der Waals surface area contributed by atoms with Crippen LogP contribution in [0.3, 0.4) is 0 Å². The van der Waals surface area contributed by atoms with Crippen molar-refractivity contribution in [3.05, 3.63) is 58.8 Å². The quantitative estimate of drug-likeness (QED) is 0.610. The van der Waals surface area contributed by atoms with E-state index in [4.69, 9.17) is 0 Å². The van der Waals surface area contributed by atoms with Crippen molar-refractivity contribution in [2.45, 2.75) is 19.9 Å². The normalized spacial score (nSPS) is 17.0. The van der Waals surface area contributed by atoms with Gasteiger partial charge in [0.05, 0.1) is 12.0 Å². The number of carbonyl (C=O) groups is 3. The number of aryl methyl sites for hydroxylation is 1. The summed E-state index contributed by atoms with van der Waals surface area (Å²) in [4.78, 5) is 37.7. The fourth-order valence-electron chi connectivity index (χ4n) is 2.75. The molecular weight excluding hydrogens is 352 g/mol. The summed E-state index contributed by atoms with van der Waals surface area (Å²) in [5, 5.41) is -0.479. The summed E-state index contributed by atoms with van der Waals surface area (Å²) in [6.45, 7) is 3.48. The third kappa shape index (κ3) is 3.30. The predicted molar refractivity (Wildman–Crippen MR) is 99.8 cm³/mol. The molecule has 1 atom stereocenters. The fourth-order valence-corrected chi connectivity index (χ4v) is 3.64. The van der Waals surface area contributed by atoms with Crippen LogP contribution >= 0.6 is 11.8 Å². The van der Waals surface area contributed by atoms with Crippen molar-refractivity contribution in [2.75, 3.05) is 7.11 Å². The van der Waals surface area contributed by atoms with Crippen molar-refractivity contribution in [2.24, 2.45) is 0 Å². The van der Waals surface area contributed by atoms with Crippen LogP contribution in [0.4, 0.5) is 4.79 Å². The second-order valence-electron chi connectivity index (χ2n) is 5.89. The summed E-state index contributed by atoms with van der Waals surface area (Å²) in [6.07, 6.45) is 3.55. The van der Waals surface area contributed by atoms with Crippen molar-refractivity contribution in [3.8, 4) is 5.69 Å². The molecule has 6 nitrogen and oxygen atoms in total. The van der Waals surface area contributed by atoms with Crippen LogP contribution in [0.5, 0.6) is 0 Å². The molecule has 0 radical (unpaired) electrons. The molecule has 1 unspecified atom stereocenters. The zero-order chi connectivity index (χ0) is 18.8. The van der Waals surface area contributed by atoms with Crippen LogP contribution in [0.15, 0.2) is 47.5 Å². The number of amides is 2. The van der Waals surface area contributed by atoms with Gasteiger partial charge in [0.2, 0.25) is 0 Å². The molecule has 1 aliphatic rings. The molecule has 1 aromatic heterocycles. The standard InChI is InChI=1S/C19H18N2O4S/c1-12-6-4-7-14(10-12)20-9-5-8-15(20)11-16-17(22)21(19(24)26-16)13(2)18(23)25-3/h4-11,13H,1-3H3. The number of methoxy groups -OCH3 is 1. The van der Waals surface area contributed by atoms with Crippen molar-refractivity contribution in [1.82, 2.24) is 9.47 Å². The SMILES string of the molecule is COC(=O)C(C)N1C(=O)SC(=Cc2cccn2-c2cccc(C)c2)C1=O. The molecule has 1 aromatic carbocycles. The highest BCUT2D eigenvalue weighted by Gasteiger charge is 2.41. The van der Waals surface area contributed by atoms with E-state index in [9.17, 15) is 14.4 Å². The van der Waals surface area contributed by atoms with E-state index in [1.54, 1.807) is 6.08 Å². The molecule has 0 aliphatic carbocycles. The van der Waals surface area contributed by atoms with Gasteiger partial charge in [0.1, 0.15) is 6.04 Å². The summed E-state index contributed by atoms with van der Waals surface area (Å²) in [6, 6.07) is 10.7. The van der Waals surface area contributed by atoms with Crippen LogP contribution in [0.25, 0.3) is 11.8 Å². The van der Waals surface area contributed by atoms with E-state index in [0.717, 1.165) is 33.6 Å². The molecule has 0 spiro atoms. The van der Waals surface area contributed by atoms with Gasteiger partial charge in [-0.15, -0.1) is 0 Å². The highest BCUT2D eigenvalue weighted by Crippen LogP contribution is 2.34. The Balaban J connectivity index is 1.93. The lowest BCUT2D eigenvalue weighted by atomic mass is 10.2. The van der Waals surface area contributed by atoms with Gasteiger partial charge in [0.15, 0.2) is 0 Å². The van der Waals surface area contributed by atoms with Crippen LogP contribution in [-0.2, 0) is 14.3 Å². The first-order chi connectivity index (χ1) is 12.4. The number of rotatable bonds is 4. The Morgan fingerprint density at radius 1 is 1.23 bits per heavy atom. The first-order valence-electron chi connectivity index (χ1n) is 8.01. The van der Waals surface area contributed by atoms with Crippen molar-refractivity contribution < 1.29 is 19.1 Å². The van der Waals surface area contributed by atoms with Gasteiger partial charge < -0.3 is 9.30 Å². The molecule has 0 saturated carbocycles. The number of imide groups is 1. The molecule has 1 fully saturated rings. The van der Waals surface area contributed by atoms with Crippen molar-refractivity contribution in [3.63, 3.8) is 0 Å². The van der Waals surface area contributed by atoms with E-state index >= 15 is 0 Å². The number of aromatic nitrogens is 1. The molecule has 2 heterocycles. The highest BCUT2D eigenvalue weighted by molar-refractivity contribution is 8.18. The van der Waals surface area contributed by atoms with Gasteiger partial charge in [-0.2, -0.15) is 0 Å². The van der Waals surface area contributed by atoms with E-state index in [-0.39, 0.29) is 4.91 Å². The van der Waals surface area contributed by atoms with Crippen LogP contribution in [-0.4, -0.2) is 39.7 Å². The lowest BCUT2D eigenvalue weighted by Crippen LogP contribution is -2.42. The fraction of sp³-hybridized carbons (Fsp3) is 0.211. The van der Waals surface area contributed by atoms with E-state index < -0.39 is 23.2 Å². The zero-order valence-electron chi connectivity index (χ0n) is 14.6.